The Hall–Kier alpha value is -1.35. The van der Waals surface area contributed by atoms with Crippen molar-refractivity contribution in [2.45, 2.75) is 70.9 Å². The smallest absolute Gasteiger partial charge is 0.232 e. The van der Waals surface area contributed by atoms with Crippen molar-refractivity contribution in [1.82, 2.24) is 15.4 Å². The van der Waals surface area contributed by atoms with Gasteiger partial charge in [-0.15, -0.1) is 0 Å². The van der Waals surface area contributed by atoms with Crippen LogP contribution in [0.2, 0.25) is 0 Å². The Kier molecular flexibility index (Phi) is 10.8. The fraction of sp³-hybridized carbons (Fsp3) is 0.600. The lowest BCUT2D eigenvalue weighted by molar-refractivity contribution is -0.122. The zero-order valence-electron chi connectivity index (χ0n) is 17.2. The third-order valence-electron chi connectivity index (χ3n) is 4.74. The van der Waals surface area contributed by atoms with Crippen LogP contribution in [-0.4, -0.2) is 32.7 Å². The summed E-state index contributed by atoms with van der Waals surface area (Å²) in [5.41, 5.74) is 0.428. The summed E-state index contributed by atoms with van der Waals surface area (Å²) in [5.74, 6) is -0.223. The van der Waals surface area contributed by atoms with Gasteiger partial charge in [-0.05, 0) is 25.8 Å². The zero-order chi connectivity index (χ0) is 21.2. The van der Waals surface area contributed by atoms with Crippen molar-refractivity contribution in [1.29, 1.82) is 0 Å². The number of aryl methyl sites for hydroxylation is 1. The molecule has 0 aliphatic rings. The highest BCUT2D eigenvalue weighted by molar-refractivity contribution is 7.80. The molecule has 3 atom stereocenters. The summed E-state index contributed by atoms with van der Waals surface area (Å²) in [5, 5.41) is 5.87. The number of hydrogen-bond donors (Lipinski definition) is 4. The first-order valence-corrected chi connectivity index (χ1v) is 11.2. The van der Waals surface area contributed by atoms with E-state index in [1.807, 2.05) is 38.1 Å². The van der Waals surface area contributed by atoms with Gasteiger partial charge in [0.25, 0.3) is 0 Å². The molecular weight excluding hydrogens is 394 g/mol. The molecule has 1 aromatic carbocycles. The van der Waals surface area contributed by atoms with Gasteiger partial charge in [0, 0.05) is 13.1 Å². The molecule has 0 spiro atoms. The average molecular weight is 428 g/mol. The summed E-state index contributed by atoms with van der Waals surface area (Å²) in [6, 6.07) is 7.44. The molecule has 1 rings (SSSR count). The molecule has 0 bridgehead atoms. The average Bonchev–Trinajstić information content (AvgIpc) is 2.64. The van der Waals surface area contributed by atoms with Crippen LogP contribution < -0.4 is 15.4 Å². The fourth-order valence-electron chi connectivity index (χ4n) is 3.17. The molecule has 158 valence electrons. The summed E-state index contributed by atoms with van der Waals surface area (Å²) in [6.07, 6.45) is 5.40. The molecule has 0 heterocycles. The van der Waals surface area contributed by atoms with Gasteiger partial charge in [0.1, 0.15) is 10.5 Å². The van der Waals surface area contributed by atoms with Crippen LogP contribution in [-0.2, 0) is 21.6 Å². The highest BCUT2D eigenvalue weighted by atomic mass is 32.2. The van der Waals surface area contributed by atoms with Gasteiger partial charge in [-0.1, -0.05) is 74.7 Å². The predicted molar refractivity (Wildman–Crippen MR) is 119 cm³/mol. The molecule has 3 unspecified atom stereocenters. The first-order valence-electron chi connectivity index (χ1n) is 9.72. The number of carbonyl (C=O) groups excluding carboxylic acids is 1. The number of hydrogen-bond acceptors (Lipinski definition) is 3. The lowest BCUT2D eigenvalue weighted by atomic mass is 9.86. The van der Waals surface area contributed by atoms with Crippen LogP contribution in [0.15, 0.2) is 24.3 Å². The van der Waals surface area contributed by atoms with E-state index >= 15 is 0 Å². The summed E-state index contributed by atoms with van der Waals surface area (Å²) < 4.78 is 23.8. The summed E-state index contributed by atoms with van der Waals surface area (Å²) >= 11 is 3.10. The first kappa shape index (κ1) is 24.7. The van der Waals surface area contributed by atoms with Gasteiger partial charge in [0.15, 0.2) is 0 Å². The monoisotopic (exact) mass is 427 g/mol. The number of amides is 1. The molecule has 4 N–H and O–H groups in total. The topological polar surface area (TPSA) is 90.5 Å². The maximum atomic E-state index is 12.8. The van der Waals surface area contributed by atoms with Gasteiger partial charge < -0.3 is 10.6 Å². The van der Waals surface area contributed by atoms with Crippen molar-refractivity contribution in [3.05, 3.63) is 35.4 Å². The maximum absolute atomic E-state index is 12.8. The molecular formula is C20H33N3O3S2. The number of benzene rings is 1. The number of nitrogens with one attached hydrogen (secondary N) is 3. The van der Waals surface area contributed by atoms with E-state index in [0.717, 1.165) is 24.8 Å². The van der Waals surface area contributed by atoms with Gasteiger partial charge in [-0.25, -0.2) is 4.21 Å². The van der Waals surface area contributed by atoms with Gasteiger partial charge in [-0.2, -0.15) is 4.72 Å². The number of unbranched alkanes of at least 4 members (excludes halogenated alkanes) is 3. The van der Waals surface area contributed by atoms with Crippen molar-refractivity contribution in [2.24, 2.45) is 0 Å². The molecule has 6 nitrogen and oxygen atoms in total. The van der Waals surface area contributed by atoms with Crippen LogP contribution in [0.25, 0.3) is 0 Å². The van der Waals surface area contributed by atoms with Crippen molar-refractivity contribution in [3.63, 3.8) is 0 Å². The van der Waals surface area contributed by atoms with E-state index < -0.39 is 16.8 Å². The quantitative estimate of drug-likeness (QED) is 0.233. The van der Waals surface area contributed by atoms with Crippen molar-refractivity contribution < 1.29 is 13.6 Å². The second-order valence-electron chi connectivity index (χ2n) is 7.20. The summed E-state index contributed by atoms with van der Waals surface area (Å²) in [7, 11) is 1.64. The van der Waals surface area contributed by atoms with Crippen molar-refractivity contribution in [3.8, 4) is 0 Å². The molecule has 0 radical (unpaired) electrons. The summed E-state index contributed by atoms with van der Waals surface area (Å²) in [4.78, 5) is 13.1. The van der Waals surface area contributed by atoms with Crippen LogP contribution in [0.5, 0.6) is 0 Å². The molecule has 0 aliphatic carbocycles. The predicted octanol–water partition coefficient (Wildman–Crippen LogP) is 3.33. The van der Waals surface area contributed by atoms with E-state index in [1.165, 1.54) is 12.8 Å². The molecule has 1 aromatic rings. The highest BCUT2D eigenvalue weighted by Crippen LogP contribution is 2.28. The van der Waals surface area contributed by atoms with E-state index in [2.05, 4.69) is 22.3 Å². The molecule has 28 heavy (non-hydrogen) atoms. The minimum Gasteiger partial charge on any atom is -0.381 e. The number of likely N-dealkylation sites (N-methyl/N-ethyl adjacent to an activating group) is 1. The third kappa shape index (κ3) is 7.58. The van der Waals surface area contributed by atoms with Crippen LogP contribution in [0.1, 0.15) is 63.5 Å². The summed E-state index contributed by atoms with van der Waals surface area (Å²) in [6.45, 7) is 6.09. The van der Waals surface area contributed by atoms with Gasteiger partial charge >= 0.3 is 0 Å². The Balaban J connectivity index is 3.01. The number of carbonyl (C=O) groups is 1. The maximum Gasteiger partial charge on any atom is 0.232 e. The van der Waals surface area contributed by atoms with Crippen LogP contribution in [0.3, 0.4) is 0 Å². The Morgan fingerprint density at radius 1 is 1.25 bits per heavy atom. The van der Waals surface area contributed by atoms with Gasteiger partial charge in [0.2, 0.25) is 17.2 Å². The fourth-order valence-corrected chi connectivity index (χ4v) is 4.07. The lowest BCUT2D eigenvalue weighted by Gasteiger charge is -2.34. The molecule has 0 fully saturated rings. The van der Waals surface area contributed by atoms with Crippen LogP contribution in [0.4, 0.5) is 0 Å². The Labute approximate surface area is 176 Å². The second-order valence-corrected chi connectivity index (χ2v) is 8.31. The first-order chi connectivity index (χ1) is 13.2. The van der Waals surface area contributed by atoms with E-state index in [1.54, 1.807) is 7.05 Å². The highest BCUT2D eigenvalue weighted by Gasteiger charge is 2.40. The van der Waals surface area contributed by atoms with Crippen LogP contribution in [0, 0.1) is 6.92 Å². The Bertz CT molecular complexity index is 667. The van der Waals surface area contributed by atoms with E-state index in [-0.39, 0.29) is 23.4 Å². The molecule has 0 saturated carbocycles. The minimum absolute atomic E-state index is 0.0304. The van der Waals surface area contributed by atoms with E-state index in [0.29, 0.717) is 5.56 Å². The number of thiocarbonyl (C=S) groups is 1. The SMILES string of the molecule is CCCCCCC(C)NC(=O)CC(NS(=O)O)(C(=S)NC)c1ccc(C)cc1. The van der Waals surface area contributed by atoms with E-state index in [9.17, 15) is 13.6 Å². The normalized spacial score (nSPS) is 15.3. The Morgan fingerprint density at radius 3 is 2.43 bits per heavy atom. The standard InChI is InChI=1S/C20H33N3O3S2/c1-5-6-7-8-9-16(3)22-18(24)14-20(19(27)21-4,23-28(25)26)17-12-10-15(2)11-13-17/h10-13,16,23H,5-9,14H2,1-4H3,(H,21,27)(H,22,24)(H,25,26). The Morgan fingerprint density at radius 2 is 1.89 bits per heavy atom. The molecule has 0 aromatic heterocycles. The third-order valence-corrected chi connectivity index (χ3v) is 5.82. The molecule has 0 aliphatic heterocycles. The number of rotatable bonds is 12. The van der Waals surface area contributed by atoms with Gasteiger partial charge in [0.05, 0.1) is 6.42 Å². The minimum atomic E-state index is -2.36. The molecule has 8 heteroatoms. The van der Waals surface area contributed by atoms with E-state index in [4.69, 9.17) is 12.2 Å². The molecule has 1 amide bonds. The second kappa shape index (κ2) is 12.3. The van der Waals surface area contributed by atoms with Crippen molar-refractivity contribution >= 4 is 34.4 Å². The van der Waals surface area contributed by atoms with Crippen molar-refractivity contribution in [2.75, 3.05) is 7.05 Å². The van der Waals surface area contributed by atoms with Crippen LogP contribution >= 0.6 is 12.2 Å². The zero-order valence-corrected chi connectivity index (χ0v) is 18.8. The largest absolute Gasteiger partial charge is 0.381 e. The van der Waals surface area contributed by atoms with Gasteiger partial charge in [-0.3, -0.25) is 9.35 Å². The molecule has 0 saturated heterocycles. The lowest BCUT2D eigenvalue weighted by Crippen LogP contribution is -2.56.